The van der Waals surface area contributed by atoms with E-state index in [0.717, 1.165) is 13.0 Å². The molecule has 2 atom stereocenters. The highest BCUT2D eigenvalue weighted by molar-refractivity contribution is 5.31. The molecule has 0 amide bonds. The maximum absolute atomic E-state index is 2.49. The summed E-state index contributed by atoms with van der Waals surface area (Å²) in [5.74, 6) is 0.512. The van der Waals surface area contributed by atoms with Gasteiger partial charge in [0.2, 0.25) is 6.33 Å². The minimum Gasteiger partial charge on any atom is -0.237 e. The zero-order valence-electron chi connectivity index (χ0n) is 22.8. The van der Waals surface area contributed by atoms with Gasteiger partial charge in [0.15, 0.2) is 0 Å². The Labute approximate surface area is 215 Å². The topological polar surface area (TPSA) is 8.81 Å². The Kier molecular flexibility index (Phi) is 11.1. The largest absolute Gasteiger partial charge is 0.244 e. The number of hydrogen-bond donors (Lipinski definition) is 0. The van der Waals surface area contributed by atoms with Crippen molar-refractivity contribution in [3.8, 4) is 0 Å². The van der Waals surface area contributed by atoms with E-state index in [1.807, 2.05) is 0 Å². The molecule has 0 aliphatic rings. The zero-order valence-corrected chi connectivity index (χ0v) is 22.8. The van der Waals surface area contributed by atoms with Crippen molar-refractivity contribution < 1.29 is 4.57 Å². The molecule has 3 aromatic rings. The molecule has 0 saturated carbocycles. The third kappa shape index (κ3) is 8.09. The van der Waals surface area contributed by atoms with Crippen LogP contribution in [0.2, 0.25) is 0 Å². The Hall–Kier alpha value is -2.35. The smallest absolute Gasteiger partial charge is 0.237 e. The number of unbranched alkanes of at least 4 members (excludes halogenated alkanes) is 8. The van der Waals surface area contributed by atoms with Crippen molar-refractivity contribution in [3.63, 3.8) is 0 Å². The third-order valence-corrected chi connectivity index (χ3v) is 7.68. The van der Waals surface area contributed by atoms with E-state index in [2.05, 4.69) is 116 Å². The van der Waals surface area contributed by atoms with Crippen molar-refractivity contribution in [3.05, 3.63) is 90.5 Å². The molecule has 0 aliphatic carbocycles. The van der Waals surface area contributed by atoms with Crippen molar-refractivity contribution in [1.29, 1.82) is 0 Å². The molecular weight excluding hydrogens is 424 g/mol. The molecule has 190 valence electrons. The van der Waals surface area contributed by atoms with Crippen LogP contribution in [0.3, 0.4) is 0 Å². The molecule has 35 heavy (non-hydrogen) atoms. The molecule has 2 nitrogen and oxygen atoms in total. The molecular formula is C33H49N2+. The van der Waals surface area contributed by atoms with E-state index in [4.69, 9.17) is 0 Å². The van der Waals surface area contributed by atoms with Crippen molar-refractivity contribution in [2.45, 2.75) is 110 Å². The summed E-state index contributed by atoms with van der Waals surface area (Å²) < 4.78 is 4.90. The lowest BCUT2D eigenvalue weighted by Crippen LogP contribution is -2.40. The molecule has 0 aliphatic heterocycles. The Morgan fingerprint density at radius 1 is 0.771 bits per heavy atom. The summed E-state index contributed by atoms with van der Waals surface area (Å²) in [6.07, 6.45) is 20.4. The number of nitrogens with zero attached hydrogens (tertiary/aromatic N) is 2. The fraction of sp³-hybridized carbons (Fsp3) is 0.545. The summed E-state index contributed by atoms with van der Waals surface area (Å²) >= 11 is 0. The predicted octanol–water partition coefficient (Wildman–Crippen LogP) is 8.70. The van der Waals surface area contributed by atoms with E-state index in [0.29, 0.717) is 12.0 Å². The van der Waals surface area contributed by atoms with E-state index in [1.165, 1.54) is 68.9 Å². The van der Waals surface area contributed by atoms with Gasteiger partial charge in [-0.15, -0.1) is 0 Å². The van der Waals surface area contributed by atoms with Crippen molar-refractivity contribution >= 4 is 0 Å². The Bertz CT molecular complexity index is 943. The van der Waals surface area contributed by atoms with Gasteiger partial charge in [-0.1, -0.05) is 133 Å². The summed E-state index contributed by atoms with van der Waals surface area (Å²) in [6.45, 7) is 10.6. The Morgan fingerprint density at radius 2 is 1.34 bits per heavy atom. The summed E-state index contributed by atoms with van der Waals surface area (Å²) in [4.78, 5) is 0. The lowest BCUT2D eigenvalue weighted by molar-refractivity contribution is -0.697. The van der Waals surface area contributed by atoms with Crippen molar-refractivity contribution in [1.82, 2.24) is 4.57 Å². The van der Waals surface area contributed by atoms with E-state index in [1.54, 1.807) is 0 Å². The van der Waals surface area contributed by atoms with E-state index in [9.17, 15) is 0 Å². The van der Waals surface area contributed by atoms with Gasteiger partial charge >= 0.3 is 0 Å². The van der Waals surface area contributed by atoms with Gasteiger partial charge in [0, 0.05) is 5.41 Å². The van der Waals surface area contributed by atoms with Crippen molar-refractivity contribution in [2.24, 2.45) is 5.92 Å². The van der Waals surface area contributed by atoms with Crippen LogP contribution < -0.4 is 4.57 Å². The second-order valence-electron chi connectivity index (χ2n) is 11.1. The van der Waals surface area contributed by atoms with Gasteiger partial charge in [0.1, 0.15) is 18.4 Å². The van der Waals surface area contributed by atoms with Crippen LogP contribution in [0, 0.1) is 5.92 Å². The molecule has 0 radical (unpaired) electrons. The fourth-order valence-electron chi connectivity index (χ4n) is 5.94. The molecule has 0 saturated heterocycles. The summed E-state index contributed by atoms with van der Waals surface area (Å²) in [5.41, 5.74) is 2.81. The Morgan fingerprint density at radius 3 is 1.94 bits per heavy atom. The monoisotopic (exact) mass is 473 g/mol. The first-order valence-electron chi connectivity index (χ1n) is 14.2. The highest BCUT2D eigenvalue weighted by atomic mass is 15.1. The van der Waals surface area contributed by atoms with Crippen LogP contribution in [0.5, 0.6) is 0 Å². The molecule has 1 heterocycles. The van der Waals surface area contributed by atoms with Gasteiger partial charge in [0.05, 0.1) is 6.54 Å². The summed E-state index contributed by atoms with van der Waals surface area (Å²) in [5, 5.41) is 0. The van der Waals surface area contributed by atoms with Crippen LogP contribution in [0.25, 0.3) is 0 Å². The van der Waals surface area contributed by atoms with Gasteiger partial charge in [-0.2, -0.15) is 0 Å². The van der Waals surface area contributed by atoms with Crippen LogP contribution in [-0.2, 0) is 18.4 Å². The first-order chi connectivity index (χ1) is 17.0. The van der Waals surface area contributed by atoms with E-state index in [-0.39, 0.29) is 5.41 Å². The highest BCUT2D eigenvalue weighted by Gasteiger charge is 2.42. The zero-order chi connectivity index (χ0) is 24.9. The fourth-order valence-corrected chi connectivity index (χ4v) is 5.94. The third-order valence-electron chi connectivity index (χ3n) is 7.68. The first kappa shape index (κ1) is 27.2. The van der Waals surface area contributed by atoms with Crippen LogP contribution >= 0.6 is 0 Å². The average molecular weight is 474 g/mol. The maximum atomic E-state index is 2.49. The minimum absolute atomic E-state index is 0.00853. The summed E-state index contributed by atoms with van der Waals surface area (Å²) in [6, 6.07) is 22.5. The number of aromatic nitrogens is 2. The van der Waals surface area contributed by atoms with Gasteiger partial charge in [0.25, 0.3) is 0 Å². The van der Waals surface area contributed by atoms with Crippen LogP contribution in [0.1, 0.15) is 103 Å². The molecule has 2 aromatic carbocycles. The highest BCUT2D eigenvalue weighted by Crippen LogP contribution is 2.42. The quantitative estimate of drug-likeness (QED) is 0.145. The van der Waals surface area contributed by atoms with Crippen molar-refractivity contribution in [2.75, 3.05) is 0 Å². The normalized spacial score (nSPS) is 14.2. The number of hydrogen-bond acceptors (Lipinski definition) is 0. The first-order valence-corrected chi connectivity index (χ1v) is 14.2. The number of rotatable bonds is 16. The van der Waals surface area contributed by atoms with Crippen LogP contribution in [-0.4, -0.2) is 4.57 Å². The lowest BCUT2D eigenvalue weighted by Gasteiger charge is -2.38. The van der Waals surface area contributed by atoms with Gasteiger partial charge in [-0.25, -0.2) is 9.13 Å². The number of benzene rings is 2. The SMILES string of the molecule is CCCCCCCCCCC[n+]1ccn(C(C(C)C)C(C)(Cc2ccccc2)c2ccccc2)c1. The average Bonchev–Trinajstić information content (AvgIpc) is 3.32. The standard InChI is InChI=1S/C33H49N2/c1-5-6-7-8-9-10-11-12-19-24-34-25-26-35(28-34)32(29(2)3)33(4,31-22-17-14-18-23-31)27-30-20-15-13-16-21-30/h13-18,20-23,25-26,28-29,32H,5-12,19,24,27H2,1-4H3/q+1. The molecule has 0 N–H and O–H groups in total. The second kappa shape index (κ2) is 14.3. The Balaban J connectivity index is 1.67. The van der Waals surface area contributed by atoms with Crippen LogP contribution in [0.15, 0.2) is 79.4 Å². The van der Waals surface area contributed by atoms with Crippen LogP contribution in [0.4, 0.5) is 0 Å². The predicted molar refractivity (Wildman–Crippen MR) is 150 cm³/mol. The van der Waals surface area contributed by atoms with E-state index < -0.39 is 0 Å². The van der Waals surface area contributed by atoms with Gasteiger partial charge in [-0.05, 0) is 36.3 Å². The molecule has 0 fully saturated rings. The number of aryl methyl sites for hydroxylation is 1. The van der Waals surface area contributed by atoms with Gasteiger partial charge < -0.3 is 0 Å². The minimum atomic E-state index is -0.00853. The summed E-state index contributed by atoms with van der Waals surface area (Å²) in [7, 11) is 0. The molecule has 1 aromatic heterocycles. The second-order valence-corrected chi connectivity index (χ2v) is 11.1. The van der Waals surface area contributed by atoms with Gasteiger partial charge in [-0.3, -0.25) is 0 Å². The molecule has 0 bridgehead atoms. The molecule has 0 spiro atoms. The lowest BCUT2D eigenvalue weighted by atomic mass is 9.68. The molecule has 3 rings (SSSR count). The molecule has 2 heteroatoms. The van der Waals surface area contributed by atoms with E-state index >= 15 is 0 Å². The maximum Gasteiger partial charge on any atom is 0.244 e. The number of imidazole rings is 1. The molecule has 2 unspecified atom stereocenters.